The molecule has 0 saturated heterocycles. The Kier molecular flexibility index (Phi) is 5.42. The van der Waals surface area contributed by atoms with E-state index in [9.17, 15) is 4.39 Å². The van der Waals surface area contributed by atoms with E-state index in [0.29, 0.717) is 27.6 Å². The van der Waals surface area contributed by atoms with Gasteiger partial charge in [0.1, 0.15) is 0 Å². The number of rotatable bonds is 5. The Morgan fingerprint density at radius 2 is 1.95 bits per heavy atom. The van der Waals surface area contributed by atoms with Gasteiger partial charge in [0.05, 0.1) is 23.2 Å². The molecule has 0 aromatic heterocycles. The number of ether oxygens (including phenoxy) is 1. The zero-order chi connectivity index (χ0) is 15.4. The molecular weight excluding hydrogens is 314 g/mol. The van der Waals surface area contributed by atoms with Crippen molar-refractivity contribution >= 4 is 23.2 Å². The van der Waals surface area contributed by atoms with Crippen LogP contribution in [0.5, 0.6) is 5.75 Å². The van der Waals surface area contributed by atoms with Crippen LogP contribution < -0.4 is 16.0 Å². The number of hydrazine groups is 1. The first kappa shape index (κ1) is 16.0. The average molecular weight is 329 g/mol. The van der Waals surface area contributed by atoms with E-state index in [0.717, 1.165) is 0 Å². The zero-order valence-corrected chi connectivity index (χ0v) is 12.9. The number of hydrogen-bond acceptors (Lipinski definition) is 3. The fraction of sp³-hybridized carbons (Fsp3) is 0.200. The second-order valence-electron chi connectivity index (χ2n) is 4.50. The molecule has 0 aliphatic carbocycles. The summed E-state index contributed by atoms with van der Waals surface area (Å²) in [6.45, 7) is 0. The van der Waals surface area contributed by atoms with Crippen molar-refractivity contribution in [1.82, 2.24) is 5.43 Å². The SMILES string of the molecule is COc1cccc(CC(NN)c2cccc(Cl)c2Cl)c1F. The quantitative estimate of drug-likeness (QED) is 0.646. The predicted octanol–water partition coefficient (Wildman–Crippen LogP) is 3.89. The lowest BCUT2D eigenvalue weighted by molar-refractivity contribution is 0.382. The van der Waals surface area contributed by atoms with Crippen molar-refractivity contribution in [2.24, 2.45) is 5.84 Å². The monoisotopic (exact) mass is 328 g/mol. The van der Waals surface area contributed by atoms with Gasteiger partial charge in [-0.25, -0.2) is 4.39 Å². The van der Waals surface area contributed by atoms with Gasteiger partial charge in [-0.1, -0.05) is 47.5 Å². The van der Waals surface area contributed by atoms with Crippen LogP contribution >= 0.6 is 23.2 Å². The van der Waals surface area contributed by atoms with Crippen LogP contribution in [-0.2, 0) is 6.42 Å². The smallest absolute Gasteiger partial charge is 0.168 e. The molecule has 0 fully saturated rings. The molecule has 3 nitrogen and oxygen atoms in total. The second-order valence-corrected chi connectivity index (χ2v) is 5.28. The fourth-order valence-corrected chi connectivity index (χ4v) is 2.58. The number of nitrogens with two attached hydrogens (primary N) is 1. The molecule has 0 aliphatic rings. The van der Waals surface area contributed by atoms with E-state index in [-0.39, 0.29) is 11.8 Å². The van der Waals surface area contributed by atoms with Crippen molar-refractivity contribution in [2.45, 2.75) is 12.5 Å². The van der Waals surface area contributed by atoms with Crippen LogP contribution in [0.4, 0.5) is 4.39 Å². The standard InChI is InChI=1S/C15H15Cl2FN2O/c1-21-13-7-2-4-9(15(13)18)8-12(20-19)10-5-3-6-11(16)14(10)17/h2-7,12,20H,8,19H2,1H3. The van der Waals surface area contributed by atoms with E-state index in [2.05, 4.69) is 5.43 Å². The Morgan fingerprint density at radius 3 is 2.62 bits per heavy atom. The lowest BCUT2D eigenvalue weighted by Crippen LogP contribution is -2.30. The highest BCUT2D eigenvalue weighted by molar-refractivity contribution is 6.42. The van der Waals surface area contributed by atoms with Crippen molar-refractivity contribution in [3.05, 3.63) is 63.4 Å². The molecule has 0 bridgehead atoms. The van der Waals surface area contributed by atoms with E-state index < -0.39 is 5.82 Å². The van der Waals surface area contributed by atoms with Gasteiger partial charge in [0.25, 0.3) is 0 Å². The largest absolute Gasteiger partial charge is 0.494 e. The maximum atomic E-state index is 14.2. The molecule has 21 heavy (non-hydrogen) atoms. The maximum Gasteiger partial charge on any atom is 0.168 e. The molecule has 1 atom stereocenters. The summed E-state index contributed by atoms with van der Waals surface area (Å²) in [5.41, 5.74) is 3.85. The van der Waals surface area contributed by atoms with Crippen LogP contribution in [0.1, 0.15) is 17.2 Å². The molecule has 0 amide bonds. The summed E-state index contributed by atoms with van der Waals surface area (Å²) in [6, 6.07) is 9.87. The second kappa shape index (κ2) is 7.09. The number of benzene rings is 2. The number of hydrogen-bond donors (Lipinski definition) is 2. The molecule has 3 N–H and O–H groups in total. The molecule has 6 heteroatoms. The maximum absolute atomic E-state index is 14.2. The van der Waals surface area contributed by atoms with Crippen LogP contribution in [0.25, 0.3) is 0 Å². The summed E-state index contributed by atoms with van der Waals surface area (Å²) in [4.78, 5) is 0. The minimum atomic E-state index is -0.404. The summed E-state index contributed by atoms with van der Waals surface area (Å²) in [7, 11) is 1.43. The van der Waals surface area contributed by atoms with Gasteiger partial charge in [-0.2, -0.15) is 0 Å². The molecule has 112 valence electrons. The van der Waals surface area contributed by atoms with E-state index >= 15 is 0 Å². The molecule has 0 spiro atoms. The van der Waals surface area contributed by atoms with Crippen molar-refractivity contribution in [2.75, 3.05) is 7.11 Å². The van der Waals surface area contributed by atoms with Gasteiger partial charge < -0.3 is 4.74 Å². The number of methoxy groups -OCH3 is 1. The third-order valence-corrected chi connectivity index (χ3v) is 4.08. The molecule has 0 aliphatic heterocycles. The summed E-state index contributed by atoms with van der Waals surface area (Å²) < 4.78 is 19.2. The Hall–Kier alpha value is -1.33. The summed E-state index contributed by atoms with van der Waals surface area (Å²) >= 11 is 12.2. The van der Waals surface area contributed by atoms with Crippen LogP contribution in [-0.4, -0.2) is 7.11 Å². The summed E-state index contributed by atoms with van der Waals surface area (Å²) in [5.74, 6) is 5.38. The molecule has 1 unspecified atom stereocenters. The van der Waals surface area contributed by atoms with Crippen molar-refractivity contribution in [3.63, 3.8) is 0 Å². The molecule has 0 radical (unpaired) electrons. The van der Waals surface area contributed by atoms with E-state index in [1.54, 1.807) is 36.4 Å². The van der Waals surface area contributed by atoms with Gasteiger partial charge in [-0.15, -0.1) is 0 Å². The molecule has 0 saturated carbocycles. The highest BCUT2D eigenvalue weighted by Crippen LogP contribution is 2.32. The van der Waals surface area contributed by atoms with Gasteiger partial charge in [0.2, 0.25) is 0 Å². The Balaban J connectivity index is 2.34. The van der Waals surface area contributed by atoms with Crippen LogP contribution in [0, 0.1) is 5.82 Å². The average Bonchev–Trinajstić information content (AvgIpc) is 2.49. The van der Waals surface area contributed by atoms with Crippen molar-refractivity contribution in [1.29, 1.82) is 0 Å². The van der Waals surface area contributed by atoms with Crippen LogP contribution in [0.15, 0.2) is 36.4 Å². The van der Waals surface area contributed by atoms with E-state index in [1.165, 1.54) is 7.11 Å². The van der Waals surface area contributed by atoms with E-state index in [1.807, 2.05) is 0 Å². The van der Waals surface area contributed by atoms with Crippen molar-refractivity contribution in [3.8, 4) is 5.75 Å². The lowest BCUT2D eigenvalue weighted by Gasteiger charge is -2.19. The van der Waals surface area contributed by atoms with Gasteiger partial charge in [0, 0.05) is 0 Å². The first-order valence-electron chi connectivity index (χ1n) is 6.30. The third-order valence-electron chi connectivity index (χ3n) is 3.25. The summed E-state index contributed by atoms with van der Waals surface area (Å²) in [6.07, 6.45) is 0.319. The Labute approximate surface area is 132 Å². The first-order valence-corrected chi connectivity index (χ1v) is 7.05. The fourth-order valence-electron chi connectivity index (χ4n) is 2.14. The number of nitrogens with one attached hydrogen (secondary N) is 1. The van der Waals surface area contributed by atoms with Gasteiger partial charge >= 0.3 is 0 Å². The first-order chi connectivity index (χ1) is 10.1. The normalized spacial score (nSPS) is 12.2. The zero-order valence-electron chi connectivity index (χ0n) is 11.4. The Morgan fingerprint density at radius 1 is 1.24 bits per heavy atom. The lowest BCUT2D eigenvalue weighted by atomic mass is 9.98. The minimum absolute atomic E-state index is 0.195. The highest BCUT2D eigenvalue weighted by Gasteiger charge is 2.18. The minimum Gasteiger partial charge on any atom is -0.494 e. The third kappa shape index (κ3) is 3.47. The molecular formula is C15H15Cl2FN2O. The molecule has 2 rings (SSSR count). The van der Waals surface area contributed by atoms with Gasteiger partial charge in [0.15, 0.2) is 11.6 Å². The predicted molar refractivity (Wildman–Crippen MR) is 83.2 cm³/mol. The van der Waals surface area contributed by atoms with Crippen LogP contribution in [0.2, 0.25) is 10.0 Å². The van der Waals surface area contributed by atoms with Crippen LogP contribution in [0.3, 0.4) is 0 Å². The Bertz CT molecular complexity index is 637. The van der Waals surface area contributed by atoms with E-state index in [4.69, 9.17) is 33.8 Å². The van der Waals surface area contributed by atoms with Gasteiger partial charge in [-0.05, 0) is 29.7 Å². The summed E-state index contributed by atoms with van der Waals surface area (Å²) in [5, 5.41) is 0.839. The van der Waals surface area contributed by atoms with Crippen molar-refractivity contribution < 1.29 is 9.13 Å². The molecule has 0 heterocycles. The molecule has 2 aromatic carbocycles. The number of halogens is 3. The van der Waals surface area contributed by atoms with Gasteiger partial charge in [-0.3, -0.25) is 11.3 Å². The molecule has 2 aromatic rings. The highest BCUT2D eigenvalue weighted by atomic mass is 35.5. The topological polar surface area (TPSA) is 47.3 Å².